The highest BCUT2D eigenvalue weighted by Crippen LogP contribution is 2.20. The maximum absolute atomic E-state index is 10.5. The Labute approximate surface area is 63.6 Å². The highest BCUT2D eigenvalue weighted by molar-refractivity contribution is 7.79. The zero-order valence-corrected chi connectivity index (χ0v) is 6.82. The first-order chi connectivity index (χ1) is 4.70. The van der Waals surface area contributed by atoms with Crippen LogP contribution in [0.25, 0.3) is 0 Å². The van der Waals surface area contributed by atoms with Crippen LogP contribution in [-0.4, -0.2) is 14.0 Å². The summed E-state index contributed by atoms with van der Waals surface area (Å²) in [5, 5.41) is -0.120. The van der Waals surface area contributed by atoms with E-state index in [0.29, 0.717) is 0 Å². The van der Waals surface area contributed by atoms with Gasteiger partial charge in [0.1, 0.15) is 0 Å². The van der Waals surface area contributed by atoms with Crippen molar-refractivity contribution in [2.24, 2.45) is 0 Å². The van der Waals surface area contributed by atoms with Crippen LogP contribution in [0.5, 0.6) is 0 Å². The van der Waals surface area contributed by atoms with Gasteiger partial charge in [0, 0.05) is 5.25 Å². The van der Waals surface area contributed by atoms with Crippen LogP contribution >= 0.6 is 0 Å². The van der Waals surface area contributed by atoms with Gasteiger partial charge in [-0.1, -0.05) is 22.7 Å². The van der Waals surface area contributed by atoms with Crippen molar-refractivity contribution in [3.05, 3.63) is 11.6 Å². The third kappa shape index (κ3) is 1.92. The molecule has 2 atom stereocenters. The van der Waals surface area contributed by atoms with Crippen LogP contribution in [0, 0.1) is 0 Å². The van der Waals surface area contributed by atoms with E-state index in [-0.39, 0.29) is 5.25 Å². The van der Waals surface area contributed by atoms with E-state index in [4.69, 9.17) is 0 Å². The summed E-state index contributed by atoms with van der Waals surface area (Å²) in [4.78, 5) is 0. The van der Waals surface area contributed by atoms with E-state index >= 15 is 0 Å². The monoisotopic (exact) mass is 159 g/mol. The molecule has 0 N–H and O–H groups in total. The summed E-state index contributed by atoms with van der Waals surface area (Å²) in [5.74, 6) is 0. The molecular weight excluding hydrogens is 148 g/mol. The summed E-state index contributed by atoms with van der Waals surface area (Å²) < 4.78 is 20.9. The molecule has 0 saturated heterocycles. The second kappa shape index (κ2) is 3.30. The number of hydrogen-bond acceptors (Lipinski definition) is 2. The topological polar surface area (TPSA) is 40.1 Å². The van der Waals surface area contributed by atoms with Crippen molar-refractivity contribution in [1.29, 1.82) is 0 Å². The number of hydrogen-bond donors (Lipinski definition) is 0. The van der Waals surface area contributed by atoms with Crippen LogP contribution in [0.15, 0.2) is 11.6 Å². The molecule has 0 saturated carbocycles. The summed E-state index contributed by atoms with van der Waals surface area (Å²) in [6.07, 6.45) is 4.57. The lowest BCUT2D eigenvalue weighted by Gasteiger charge is -2.22. The summed E-state index contributed by atoms with van der Waals surface area (Å²) in [7, 11) is 0. The minimum absolute atomic E-state index is 0.120. The standard InChI is InChI=1S/C7H12O2S/c1-6-3-2-4-7(5-6)10(8)9/h3,7H,2,4-5H2,1H3,(H,8,9)/p-1. The predicted octanol–water partition coefficient (Wildman–Crippen LogP) is 1.36. The van der Waals surface area contributed by atoms with E-state index in [1.165, 1.54) is 5.57 Å². The van der Waals surface area contributed by atoms with Gasteiger partial charge in [-0.05, 0) is 26.2 Å². The van der Waals surface area contributed by atoms with Crippen molar-refractivity contribution in [2.75, 3.05) is 0 Å². The van der Waals surface area contributed by atoms with E-state index in [1.54, 1.807) is 0 Å². The highest BCUT2D eigenvalue weighted by Gasteiger charge is 2.12. The molecule has 0 radical (unpaired) electrons. The molecule has 1 rings (SSSR count). The van der Waals surface area contributed by atoms with Gasteiger partial charge in [0.05, 0.1) is 0 Å². The van der Waals surface area contributed by atoms with E-state index < -0.39 is 11.1 Å². The molecule has 0 spiro atoms. The molecule has 10 heavy (non-hydrogen) atoms. The second-order valence-corrected chi connectivity index (χ2v) is 3.90. The lowest BCUT2D eigenvalue weighted by atomic mass is 10.0. The van der Waals surface area contributed by atoms with E-state index in [0.717, 1.165) is 19.3 Å². The molecule has 1 aliphatic rings. The Bertz CT molecular complexity index is 174. The zero-order chi connectivity index (χ0) is 7.56. The van der Waals surface area contributed by atoms with Crippen LogP contribution in [0.3, 0.4) is 0 Å². The van der Waals surface area contributed by atoms with Crippen molar-refractivity contribution in [3.8, 4) is 0 Å². The van der Waals surface area contributed by atoms with Gasteiger partial charge in [-0.25, -0.2) is 0 Å². The minimum Gasteiger partial charge on any atom is -0.772 e. The quantitative estimate of drug-likeness (QED) is 0.428. The van der Waals surface area contributed by atoms with Gasteiger partial charge in [-0.3, -0.25) is 4.21 Å². The lowest BCUT2D eigenvalue weighted by molar-refractivity contribution is 0.511. The average molecular weight is 159 g/mol. The van der Waals surface area contributed by atoms with Crippen LogP contribution in [-0.2, 0) is 11.1 Å². The van der Waals surface area contributed by atoms with Gasteiger partial charge < -0.3 is 4.55 Å². The molecule has 0 bridgehead atoms. The van der Waals surface area contributed by atoms with Crippen molar-refractivity contribution in [2.45, 2.75) is 31.4 Å². The average Bonchev–Trinajstić information content (AvgIpc) is 1.88. The smallest absolute Gasteiger partial charge is 0.0255 e. The van der Waals surface area contributed by atoms with E-state index in [2.05, 4.69) is 6.08 Å². The van der Waals surface area contributed by atoms with Gasteiger partial charge in [0.2, 0.25) is 0 Å². The van der Waals surface area contributed by atoms with Crippen LogP contribution in [0.2, 0.25) is 0 Å². The SMILES string of the molecule is CC1=CCCC(S(=O)[O-])C1. The Balaban J connectivity index is 2.53. The molecular formula is C7H11O2S-. The molecule has 0 aromatic rings. The Morgan fingerprint density at radius 3 is 2.90 bits per heavy atom. The molecule has 0 heterocycles. The molecule has 1 aliphatic carbocycles. The molecule has 58 valence electrons. The van der Waals surface area contributed by atoms with Crippen molar-refractivity contribution in [1.82, 2.24) is 0 Å². The molecule has 2 nitrogen and oxygen atoms in total. The van der Waals surface area contributed by atoms with Gasteiger partial charge in [-0.2, -0.15) is 0 Å². The molecule has 0 fully saturated rings. The van der Waals surface area contributed by atoms with Crippen molar-refractivity contribution >= 4 is 11.1 Å². The minimum atomic E-state index is -1.86. The zero-order valence-electron chi connectivity index (χ0n) is 6.00. The normalized spacial score (nSPS) is 29.4. The molecule has 3 heteroatoms. The summed E-state index contributed by atoms with van der Waals surface area (Å²) in [6, 6.07) is 0. The maximum Gasteiger partial charge on any atom is 0.0255 e. The third-order valence-electron chi connectivity index (χ3n) is 1.80. The molecule has 0 aromatic heterocycles. The van der Waals surface area contributed by atoms with Gasteiger partial charge >= 0.3 is 0 Å². The fourth-order valence-corrected chi connectivity index (χ4v) is 1.95. The summed E-state index contributed by atoms with van der Waals surface area (Å²) >= 11 is -1.86. The first kappa shape index (κ1) is 7.95. The van der Waals surface area contributed by atoms with Crippen molar-refractivity contribution in [3.63, 3.8) is 0 Å². The van der Waals surface area contributed by atoms with Gasteiger partial charge in [0.25, 0.3) is 0 Å². The van der Waals surface area contributed by atoms with Gasteiger partial charge in [0.15, 0.2) is 0 Å². The molecule has 0 aliphatic heterocycles. The Kier molecular flexibility index (Phi) is 2.63. The van der Waals surface area contributed by atoms with Crippen LogP contribution < -0.4 is 0 Å². The summed E-state index contributed by atoms with van der Waals surface area (Å²) in [6.45, 7) is 1.99. The largest absolute Gasteiger partial charge is 0.772 e. The van der Waals surface area contributed by atoms with Crippen molar-refractivity contribution < 1.29 is 8.76 Å². The Morgan fingerprint density at radius 2 is 2.50 bits per heavy atom. The first-order valence-electron chi connectivity index (χ1n) is 3.44. The molecule has 2 unspecified atom stereocenters. The first-order valence-corrected chi connectivity index (χ1v) is 4.57. The summed E-state index contributed by atoms with van der Waals surface area (Å²) in [5.41, 5.74) is 1.21. The second-order valence-electron chi connectivity index (χ2n) is 2.71. The third-order valence-corrected chi connectivity index (χ3v) is 2.75. The fraction of sp³-hybridized carbons (Fsp3) is 0.714. The van der Waals surface area contributed by atoms with E-state index in [1.807, 2.05) is 6.92 Å². The number of allylic oxidation sites excluding steroid dienone is 2. The Hall–Kier alpha value is -0.150. The lowest BCUT2D eigenvalue weighted by Crippen LogP contribution is -2.17. The fourth-order valence-electron chi connectivity index (χ4n) is 1.22. The molecule has 0 aromatic carbocycles. The van der Waals surface area contributed by atoms with Crippen LogP contribution in [0.4, 0.5) is 0 Å². The van der Waals surface area contributed by atoms with Gasteiger partial charge in [-0.15, -0.1) is 0 Å². The predicted molar refractivity (Wildman–Crippen MR) is 40.3 cm³/mol. The molecule has 0 amide bonds. The highest BCUT2D eigenvalue weighted by atomic mass is 32.2. The Morgan fingerprint density at radius 1 is 1.80 bits per heavy atom. The number of rotatable bonds is 1. The van der Waals surface area contributed by atoms with Crippen LogP contribution in [0.1, 0.15) is 26.2 Å². The van der Waals surface area contributed by atoms with E-state index in [9.17, 15) is 8.76 Å². The maximum atomic E-state index is 10.5.